The van der Waals surface area contributed by atoms with Crippen LogP contribution in [0.15, 0.2) is 78.9 Å². The Morgan fingerprint density at radius 2 is 1.52 bits per heavy atom. The minimum absolute atomic E-state index is 0.00983. The number of ether oxygens (including phenoxy) is 1. The second kappa shape index (κ2) is 15.4. The molecule has 1 heterocycles. The second-order valence-corrected chi connectivity index (χ2v) is 11.7. The van der Waals surface area contributed by atoms with Crippen LogP contribution in [0.1, 0.15) is 48.2 Å². The normalized spacial score (nSPS) is 12.8. The number of rotatable bonds is 13. The number of anilines is 2. The lowest BCUT2D eigenvalue weighted by molar-refractivity contribution is -0.136. The number of nitrogens with zero attached hydrogens (tertiary/aromatic N) is 3. The number of hydrogen-bond acceptors (Lipinski definition) is 7. The SMILES string of the molecule is CN(CC(=O)NC1CCCC1)c1nc(Cc2ccc(NC(=O)Cc3ccc(Oc4ccccc4)cc3)cc2)nc(Cl)c1CC(=O)O. The first kappa shape index (κ1) is 32.4. The molecule has 3 N–H and O–H groups in total. The van der Waals surface area contributed by atoms with Crippen molar-refractivity contribution in [2.75, 3.05) is 23.8 Å². The lowest BCUT2D eigenvalue weighted by atomic mass is 10.1. The average molecular weight is 642 g/mol. The summed E-state index contributed by atoms with van der Waals surface area (Å²) in [6.07, 6.45) is 4.27. The molecular weight excluding hydrogens is 606 g/mol. The summed E-state index contributed by atoms with van der Waals surface area (Å²) < 4.78 is 5.81. The summed E-state index contributed by atoms with van der Waals surface area (Å²) in [4.78, 5) is 47.5. The van der Waals surface area contributed by atoms with Gasteiger partial charge in [-0.1, -0.05) is 66.9 Å². The van der Waals surface area contributed by atoms with Gasteiger partial charge in [0.25, 0.3) is 0 Å². The largest absolute Gasteiger partial charge is 0.481 e. The van der Waals surface area contributed by atoms with Crippen LogP contribution in [0.3, 0.4) is 0 Å². The highest BCUT2D eigenvalue weighted by Crippen LogP contribution is 2.26. The number of aromatic nitrogens is 2. The summed E-state index contributed by atoms with van der Waals surface area (Å²) in [7, 11) is 1.69. The summed E-state index contributed by atoms with van der Waals surface area (Å²) in [6.45, 7) is 0.00983. The molecule has 0 radical (unpaired) electrons. The van der Waals surface area contributed by atoms with Gasteiger partial charge >= 0.3 is 5.97 Å². The van der Waals surface area contributed by atoms with Gasteiger partial charge in [0.1, 0.15) is 28.3 Å². The molecule has 0 saturated heterocycles. The molecule has 0 aliphatic heterocycles. The number of carboxylic acid groups (broad SMARTS) is 1. The standard InChI is InChI=1S/C35H36ClN5O5/c1-41(22-32(43)38-25-7-5-6-8-25)35-29(21-33(44)45)34(36)39-30(40-35)19-23-11-15-26(16-12-23)37-31(42)20-24-13-17-28(18-14-24)46-27-9-3-2-4-10-27/h2-4,9-18,25H,5-8,19-22H2,1H3,(H,37,42)(H,38,43)(H,44,45). The topological polar surface area (TPSA) is 134 Å². The third-order valence-electron chi connectivity index (χ3n) is 7.64. The minimum atomic E-state index is -1.07. The Balaban J connectivity index is 1.19. The fourth-order valence-electron chi connectivity index (χ4n) is 5.40. The van der Waals surface area contributed by atoms with Gasteiger partial charge in [0.15, 0.2) is 0 Å². The van der Waals surface area contributed by atoms with Crippen molar-refractivity contribution in [1.29, 1.82) is 0 Å². The van der Waals surface area contributed by atoms with E-state index in [9.17, 15) is 19.5 Å². The van der Waals surface area contributed by atoms with E-state index in [1.165, 1.54) is 0 Å². The molecule has 1 aliphatic carbocycles. The molecule has 11 heteroatoms. The number of halogens is 1. The smallest absolute Gasteiger partial charge is 0.308 e. The van der Waals surface area contributed by atoms with E-state index in [0.29, 0.717) is 29.5 Å². The van der Waals surface area contributed by atoms with Crippen molar-refractivity contribution in [2.24, 2.45) is 0 Å². The third kappa shape index (κ3) is 9.28. The minimum Gasteiger partial charge on any atom is -0.481 e. The summed E-state index contributed by atoms with van der Waals surface area (Å²) >= 11 is 6.46. The molecule has 1 saturated carbocycles. The van der Waals surface area contributed by atoms with Crippen LogP contribution in [0.2, 0.25) is 5.15 Å². The van der Waals surface area contributed by atoms with Gasteiger partial charge in [0.2, 0.25) is 11.8 Å². The monoisotopic (exact) mass is 641 g/mol. The van der Waals surface area contributed by atoms with Crippen LogP contribution in [-0.4, -0.2) is 52.5 Å². The van der Waals surface area contributed by atoms with E-state index in [-0.39, 0.29) is 48.0 Å². The van der Waals surface area contributed by atoms with Gasteiger partial charge in [-0.15, -0.1) is 0 Å². The number of aliphatic carboxylic acids is 1. The number of likely N-dealkylation sites (N-methyl/N-ethyl adjacent to an activating group) is 1. The molecule has 5 rings (SSSR count). The van der Waals surface area contributed by atoms with Crippen LogP contribution >= 0.6 is 11.6 Å². The van der Waals surface area contributed by atoms with Crippen LogP contribution < -0.4 is 20.3 Å². The Bertz CT molecular complexity index is 1660. The summed E-state index contributed by atoms with van der Waals surface area (Å²) in [5.41, 5.74) is 2.61. The van der Waals surface area contributed by atoms with Crippen molar-refractivity contribution in [3.05, 3.63) is 107 Å². The Kier molecular flexibility index (Phi) is 10.8. The van der Waals surface area contributed by atoms with E-state index in [2.05, 4.69) is 20.6 Å². The Labute approximate surface area is 272 Å². The van der Waals surface area contributed by atoms with Gasteiger partial charge in [0.05, 0.1) is 19.4 Å². The van der Waals surface area contributed by atoms with Gasteiger partial charge in [-0.2, -0.15) is 0 Å². The van der Waals surface area contributed by atoms with Crippen LogP contribution in [0.5, 0.6) is 11.5 Å². The lowest BCUT2D eigenvalue weighted by Gasteiger charge is -2.22. The second-order valence-electron chi connectivity index (χ2n) is 11.4. The number of para-hydroxylation sites is 1. The van der Waals surface area contributed by atoms with Crippen molar-refractivity contribution in [2.45, 2.75) is 51.0 Å². The molecule has 1 aromatic heterocycles. The Morgan fingerprint density at radius 1 is 0.870 bits per heavy atom. The zero-order valence-corrected chi connectivity index (χ0v) is 26.3. The number of carbonyl (C=O) groups is 3. The van der Waals surface area contributed by atoms with E-state index in [4.69, 9.17) is 16.3 Å². The fourth-order valence-corrected chi connectivity index (χ4v) is 5.65. The molecule has 1 aliphatic rings. The maximum atomic E-state index is 12.7. The Hall–Kier alpha value is -4.96. The maximum absolute atomic E-state index is 12.7. The fraction of sp³-hybridized carbons (Fsp3) is 0.286. The van der Waals surface area contributed by atoms with Crippen molar-refractivity contribution >= 4 is 40.9 Å². The van der Waals surface area contributed by atoms with Crippen LogP contribution in [0.25, 0.3) is 0 Å². The zero-order valence-electron chi connectivity index (χ0n) is 25.5. The van der Waals surface area contributed by atoms with Gasteiger partial charge < -0.3 is 25.4 Å². The summed E-state index contributed by atoms with van der Waals surface area (Å²) in [6, 6.07) is 24.4. The molecule has 0 atom stereocenters. The zero-order chi connectivity index (χ0) is 32.5. The number of carboxylic acids is 1. The van der Waals surface area contributed by atoms with E-state index in [1.54, 1.807) is 24.1 Å². The van der Waals surface area contributed by atoms with Gasteiger partial charge in [-0.05, 0) is 60.4 Å². The molecule has 3 aromatic carbocycles. The number of carbonyl (C=O) groups excluding carboxylic acids is 2. The van der Waals surface area contributed by atoms with Gasteiger partial charge in [0, 0.05) is 30.8 Å². The molecule has 0 spiro atoms. The number of amides is 2. The highest BCUT2D eigenvalue weighted by atomic mass is 35.5. The quantitative estimate of drug-likeness (QED) is 0.156. The predicted molar refractivity (Wildman–Crippen MR) is 177 cm³/mol. The predicted octanol–water partition coefficient (Wildman–Crippen LogP) is 5.82. The number of hydrogen-bond donors (Lipinski definition) is 3. The van der Waals surface area contributed by atoms with Crippen molar-refractivity contribution in [3.8, 4) is 11.5 Å². The van der Waals surface area contributed by atoms with E-state index >= 15 is 0 Å². The first-order valence-electron chi connectivity index (χ1n) is 15.2. The molecule has 0 bridgehead atoms. The summed E-state index contributed by atoms with van der Waals surface area (Å²) in [5.74, 6) is 0.743. The molecule has 0 unspecified atom stereocenters. The molecule has 10 nitrogen and oxygen atoms in total. The average Bonchev–Trinajstić information content (AvgIpc) is 3.53. The molecule has 1 fully saturated rings. The third-order valence-corrected chi connectivity index (χ3v) is 7.95. The highest BCUT2D eigenvalue weighted by molar-refractivity contribution is 6.30. The van der Waals surface area contributed by atoms with Crippen molar-refractivity contribution in [3.63, 3.8) is 0 Å². The van der Waals surface area contributed by atoms with Gasteiger partial charge in [-0.3, -0.25) is 14.4 Å². The van der Waals surface area contributed by atoms with Gasteiger partial charge in [-0.25, -0.2) is 9.97 Å². The molecule has 4 aromatic rings. The van der Waals surface area contributed by atoms with E-state index < -0.39 is 5.97 Å². The lowest BCUT2D eigenvalue weighted by Crippen LogP contribution is -2.40. The van der Waals surface area contributed by atoms with Crippen molar-refractivity contribution in [1.82, 2.24) is 15.3 Å². The number of nitrogens with one attached hydrogen (secondary N) is 2. The Morgan fingerprint density at radius 3 is 2.20 bits per heavy atom. The first-order valence-corrected chi connectivity index (χ1v) is 15.6. The highest BCUT2D eigenvalue weighted by Gasteiger charge is 2.22. The molecular formula is C35H36ClN5O5. The molecule has 238 valence electrons. The maximum Gasteiger partial charge on any atom is 0.308 e. The van der Waals surface area contributed by atoms with Crippen LogP contribution in [0.4, 0.5) is 11.5 Å². The summed E-state index contributed by atoms with van der Waals surface area (Å²) in [5, 5.41) is 15.5. The van der Waals surface area contributed by atoms with Crippen LogP contribution in [-0.2, 0) is 33.6 Å². The number of benzene rings is 3. The first-order chi connectivity index (χ1) is 22.2. The van der Waals surface area contributed by atoms with E-state index in [0.717, 1.165) is 42.6 Å². The molecule has 46 heavy (non-hydrogen) atoms. The van der Waals surface area contributed by atoms with E-state index in [1.807, 2.05) is 66.7 Å². The molecule has 2 amide bonds. The van der Waals surface area contributed by atoms with Crippen LogP contribution in [0, 0.1) is 0 Å². The van der Waals surface area contributed by atoms with Crippen molar-refractivity contribution < 1.29 is 24.2 Å².